The second-order valence-corrected chi connectivity index (χ2v) is 5.20. The summed E-state index contributed by atoms with van der Waals surface area (Å²) < 4.78 is 35.6. The minimum Gasteiger partial charge on any atom is -0.396 e. The molecular weight excluding hydrogens is 249 g/mol. The van der Waals surface area contributed by atoms with Gasteiger partial charge in [-0.3, -0.25) is 4.79 Å². The normalized spacial score (nSPS) is 14.4. The first-order chi connectivity index (χ1) is 8.06. The first-order valence-electron chi connectivity index (χ1n) is 5.74. The maximum atomic E-state index is 11.9. The largest absolute Gasteiger partial charge is 0.405 e. The number of aliphatic hydroxyl groups excluding tert-OH is 1. The number of hydrogen-bond acceptors (Lipinski definition) is 3. The van der Waals surface area contributed by atoms with Crippen LogP contribution in [0.2, 0.25) is 0 Å². The van der Waals surface area contributed by atoms with E-state index >= 15 is 0 Å². The minimum absolute atomic E-state index is 0.0426. The molecule has 0 aliphatic rings. The summed E-state index contributed by atoms with van der Waals surface area (Å²) in [5.41, 5.74) is -0.187. The smallest absolute Gasteiger partial charge is 0.396 e. The zero-order chi connectivity index (χ0) is 14.4. The first-order valence-corrected chi connectivity index (χ1v) is 5.74. The Hall–Kier alpha value is -0.820. The molecule has 7 heteroatoms. The summed E-state index contributed by atoms with van der Waals surface area (Å²) in [6.45, 7) is 4.21. The molecule has 1 amide bonds. The number of nitrogens with one attached hydrogen (secondary N) is 2. The number of aliphatic hydroxyl groups is 1. The van der Waals surface area contributed by atoms with Crippen molar-refractivity contribution in [3.8, 4) is 0 Å². The molecule has 18 heavy (non-hydrogen) atoms. The average Bonchev–Trinajstić information content (AvgIpc) is 2.18. The van der Waals surface area contributed by atoms with Crippen LogP contribution in [0.4, 0.5) is 13.2 Å². The minimum atomic E-state index is -4.40. The predicted octanol–water partition coefficient (Wildman–Crippen LogP) is 1.05. The highest BCUT2D eigenvalue weighted by molar-refractivity contribution is 5.78. The standard InChI is InChI=1S/C11H21F3N2O2/c1-10(2,3)8(4-5-17)15-6-9(18)16-7-11(12,13)14/h8,15,17H,4-7H2,1-3H3,(H,16,18). The van der Waals surface area contributed by atoms with Crippen LogP contribution in [0.25, 0.3) is 0 Å². The highest BCUT2D eigenvalue weighted by Crippen LogP contribution is 2.21. The quantitative estimate of drug-likeness (QED) is 0.676. The van der Waals surface area contributed by atoms with Gasteiger partial charge in [-0.2, -0.15) is 13.2 Å². The fourth-order valence-electron chi connectivity index (χ4n) is 1.45. The highest BCUT2D eigenvalue weighted by Gasteiger charge is 2.28. The van der Waals surface area contributed by atoms with Crippen LogP contribution in [0, 0.1) is 5.41 Å². The maximum absolute atomic E-state index is 11.9. The van der Waals surface area contributed by atoms with Gasteiger partial charge in [0.05, 0.1) is 6.54 Å². The van der Waals surface area contributed by atoms with Gasteiger partial charge in [0, 0.05) is 12.6 Å². The molecule has 0 aromatic rings. The van der Waals surface area contributed by atoms with E-state index in [0.717, 1.165) is 0 Å². The van der Waals surface area contributed by atoms with Crippen LogP contribution in [-0.4, -0.2) is 42.9 Å². The molecular formula is C11H21F3N2O2. The number of amides is 1. The van der Waals surface area contributed by atoms with E-state index in [9.17, 15) is 18.0 Å². The molecule has 0 aliphatic carbocycles. The van der Waals surface area contributed by atoms with E-state index in [4.69, 9.17) is 5.11 Å². The molecule has 0 fully saturated rings. The molecule has 3 N–H and O–H groups in total. The van der Waals surface area contributed by atoms with Crippen molar-refractivity contribution in [1.82, 2.24) is 10.6 Å². The lowest BCUT2D eigenvalue weighted by molar-refractivity contribution is -0.138. The molecule has 0 saturated heterocycles. The highest BCUT2D eigenvalue weighted by atomic mass is 19.4. The molecule has 1 atom stereocenters. The van der Waals surface area contributed by atoms with E-state index in [1.165, 1.54) is 0 Å². The van der Waals surface area contributed by atoms with Gasteiger partial charge >= 0.3 is 6.18 Å². The van der Waals surface area contributed by atoms with Gasteiger partial charge in [-0.05, 0) is 11.8 Å². The third-order valence-corrected chi connectivity index (χ3v) is 2.46. The lowest BCUT2D eigenvalue weighted by Crippen LogP contribution is -2.47. The lowest BCUT2D eigenvalue weighted by Gasteiger charge is -2.31. The van der Waals surface area contributed by atoms with Gasteiger partial charge in [0.2, 0.25) is 5.91 Å². The Balaban J connectivity index is 4.08. The Kier molecular flexibility index (Phi) is 6.62. The van der Waals surface area contributed by atoms with Crippen LogP contribution in [0.15, 0.2) is 0 Å². The average molecular weight is 270 g/mol. The Morgan fingerprint density at radius 3 is 2.22 bits per heavy atom. The summed E-state index contributed by atoms with van der Waals surface area (Å²) in [7, 11) is 0. The fourth-order valence-corrected chi connectivity index (χ4v) is 1.45. The van der Waals surface area contributed by atoms with Gasteiger partial charge in [-0.15, -0.1) is 0 Å². The monoisotopic (exact) mass is 270 g/mol. The van der Waals surface area contributed by atoms with Crippen molar-refractivity contribution < 1.29 is 23.1 Å². The number of carbonyl (C=O) groups excluding carboxylic acids is 1. The Morgan fingerprint density at radius 1 is 1.28 bits per heavy atom. The van der Waals surface area contributed by atoms with Crippen molar-refractivity contribution in [2.75, 3.05) is 19.7 Å². The summed E-state index contributed by atoms with van der Waals surface area (Å²) >= 11 is 0. The lowest BCUT2D eigenvalue weighted by atomic mass is 9.85. The topological polar surface area (TPSA) is 61.4 Å². The van der Waals surface area contributed by atoms with Gasteiger partial charge in [-0.25, -0.2) is 0 Å². The van der Waals surface area contributed by atoms with Crippen LogP contribution < -0.4 is 10.6 Å². The summed E-state index contributed by atoms with van der Waals surface area (Å²) in [6.07, 6.45) is -3.96. The SMILES string of the molecule is CC(C)(C)C(CCO)NCC(=O)NCC(F)(F)F. The molecule has 0 aliphatic heterocycles. The first kappa shape index (κ1) is 17.2. The van der Waals surface area contributed by atoms with E-state index in [1.54, 1.807) is 5.32 Å². The number of rotatable bonds is 6. The second-order valence-electron chi connectivity index (χ2n) is 5.20. The third-order valence-electron chi connectivity index (χ3n) is 2.46. The van der Waals surface area contributed by atoms with Crippen molar-refractivity contribution in [3.63, 3.8) is 0 Å². The van der Waals surface area contributed by atoms with Crippen molar-refractivity contribution in [1.29, 1.82) is 0 Å². The number of halogens is 3. The van der Waals surface area contributed by atoms with Gasteiger partial charge in [-0.1, -0.05) is 20.8 Å². The molecule has 0 aromatic heterocycles. The molecule has 4 nitrogen and oxygen atoms in total. The molecule has 0 bridgehead atoms. The number of alkyl halides is 3. The van der Waals surface area contributed by atoms with Crippen molar-refractivity contribution in [2.45, 2.75) is 39.4 Å². The van der Waals surface area contributed by atoms with Gasteiger partial charge in [0.25, 0.3) is 0 Å². The number of hydrogen-bond donors (Lipinski definition) is 3. The summed E-state index contributed by atoms with van der Waals surface area (Å²) in [5, 5.41) is 13.5. The summed E-state index contributed by atoms with van der Waals surface area (Å²) in [4.78, 5) is 11.2. The maximum Gasteiger partial charge on any atom is 0.405 e. The van der Waals surface area contributed by atoms with Crippen LogP contribution in [0.5, 0.6) is 0 Å². The van der Waals surface area contributed by atoms with Gasteiger partial charge in [0.1, 0.15) is 6.54 Å². The zero-order valence-corrected chi connectivity index (χ0v) is 10.9. The Bertz CT molecular complexity index is 262. The predicted molar refractivity (Wildman–Crippen MR) is 62.0 cm³/mol. The van der Waals surface area contributed by atoms with Gasteiger partial charge in [0.15, 0.2) is 0 Å². The second kappa shape index (κ2) is 6.94. The fraction of sp³-hybridized carbons (Fsp3) is 0.909. The molecule has 0 rings (SSSR count). The van der Waals surface area contributed by atoms with E-state index in [2.05, 4.69) is 5.32 Å². The molecule has 0 spiro atoms. The zero-order valence-electron chi connectivity index (χ0n) is 10.9. The van der Waals surface area contributed by atoms with E-state index in [0.29, 0.717) is 6.42 Å². The molecule has 108 valence electrons. The molecule has 1 unspecified atom stereocenters. The van der Waals surface area contributed by atoms with Crippen LogP contribution >= 0.6 is 0 Å². The molecule has 0 heterocycles. The van der Waals surface area contributed by atoms with Gasteiger partial charge < -0.3 is 15.7 Å². The Labute approximate surface area is 105 Å². The van der Waals surface area contributed by atoms with Crippen LogP contribution in [0.3, 0.4) is 0 Å². The summed E-state index contributed by atoms with van der Waals surface area (Å²) in [5.74, 6) is -0.709. The van der Waals surface area contributed by atoms with Crippen molar-refractivity contribution >= 4 is 5.91 Å². The van der Waals surface area contributed by atoms with Crippen LogP contribution in [-0.2, 0) is 4.79 Å². The molecule has 0 saturated carbocycles. The van der Waals surface area contributed by atoms with Crippen molar-refractivity contribution in [2.24, 2.45) is 5.41 Å². The summed E-state index contributed by atoms with van der Waals surface area (Å²) in [6, 6.07) is -0.140. The van der Waals surface area contributed by atoms with Crippen LogP contribution in [0.1, 0.15) is 27.2 Å². The Morgan fingerprint density at radius 2 is 1.83 bits per heavy atom. The molecule has 0 aromatic carbocycles. The van der Waals surface area contributed by atoms with E-state index in [1.807, 2.05) is 20.8 Å². The molecule has 0 radical (unpaired) electrons. The van der Waals surface area contributed by atoms with E-state index in [-0.39, 0.29) is 24.6 Å². The van der Waals surface area contributed by atoms with E-state index < -0.39 is 18.6 Å². The van der Waals surface area contributed by atoms with Crippen molar-refractivity contribution in [3.05, 3.63) is 0 Å². The third kappa shape index (κ3) is 8.30. The number of carbonyl (C=O) groups is 1.